The Hall–Kier alpha value is -3.89. The lowest BCUT2D eigenvalue weighted by Crippen LogP contribution is -2.30. The van der Waals surface area contributed by atoms with Gasteiger partial charge in [-0.3, -0.25) is 9.78 Å². The molecule has 1 amide bonds. The van der Waals surface area contributed by atoms with Gasteiger partial charge in [-0.15, -0.1) is 0 Å². The number of hydrogen-bond donors (Lipinski definition) is 2. The van der Waals surface area contributed by atoms with Crippen molar-refractivity contribution in [2.24, 2.45) is 0 Å². The third kappa shape index (κ3) is 5.51. The van der Waals surface area contributed by atoms with E-state index in [4.69, 9.17) is 9.97 Å². The number of nitrogens with one attached hydrogen (secondary N) is 1. The van der Waals surface area contributed by atoms with Crippen molar-refractivity contribution in [1.82, 2.24) is 20.3 Å². The summed E-state index contributed by atoms with van der Waals surface area (Å²) in [6.07, 6.45) is 3.53. The zero-order chi connectivity index (χ0) is 27.1. The van der Waals surface area contributed by atoms with Gasteiger partial charge in [-0.05, 0) is 68.3 Å². The maximum atomic E-state index is 12.7. The number of sulfone groups is 1. The van der Waals surface area contributed by atoms with Crippen LogP contribution in [0.1, 0.15) is 35.0 Å². The fourth-order valence-electron chi connectivity index (χ4n) is 4.59. The number of aryl methyl sites for hydroxylation is 1. The van der Waals surface area contributed by atoms with Crippen molar-refractivity contribution in [3.05, 3.63) is 77.6 Å². The van der Waals surface area contributed by atoms with Gasteiger partial charge in [-0.2, -0.15) is 0 Å². The first-order valence-corrected chi connectivity index (χ1v) is 14.2. The molecule has 0 unspecified atom stereocenters. The lowest BCUT2D eigenvalue weighted by molar-refractivity contribution is 0.0838. The van der Waals surface area contributed by atoms with E-state index in [1.54, 1.807) is 25.3 Å². The van der Waals surface area contributed by atoms with Crippen LogP contribution in [-0.2, 0) is 16.4 Å². The second-order valence-corrected chi connectivity index (χ2v) is 12.0. The number of benzene rings is 1. The summed E-state index contributed by atoms with van der Waals surface area (Å²) in [7, 11) is -3.44. The molecule has 3 aromatic heterocycles. The van der Waals surface area contributed by atoms with Gasteiger partial charge in [0.25, 0.3) is 5.91 Å². The van der Waals surface area contributed by atoms with E-state index in [-0.39, 0.29) is 22.9 Å². The van der Waals surface area contributed by atoms with Gasteiger partial charge >= 0.3 is 0 Å². The quantitative estimate of drug-likeness (QED) is 0.388. The Morgan fingerprint density at radius 2 is 1.89 bits per heavy atom. The number of rotatable bonds is 6. The van der Waals surface area contributed by atoms with Crippen molar-refractivity contribution in [1.29, 1.82) is 0 Å². The van der Waals surface area contributed by atoms with E-state index >= 15 is 0 Å². The summed E-state index contributed by atoms with van der Waals surface area (Å²) in [6, 6.07) is 16.0. The van der Waals surface area contributed by atoms with Gasteiger partial charge in [-0.1, -0.05) is 12.1 Å². The molecule has 4 heterocycles. The molecular formula is C28H29N5O4S. The third-order valence-electron chi connectivity index (χ3n) is 6.68. The second kappa shape index (κ2) is 9.77. The fraction of sp³-hybridized carbons (Fsp3) is 0.286. The van der Waals surface area contributed by atoms with Crippen molar-refractivity contribution in [2.75, 3.05) is 24.2 Å². The number of carbonyl (C=O) groups is 1. The number of amides is 1. The SMILES string of the molecule is Cc1ccc(C(=O)NCc2cc3nc(-c4cccc(N5CC[C@](C)(O)C5)n4)ccc3cn2)cc1S(C)(=O)=O. The number of hydrogen-bond acceptors (Lipinski definition) is 8. The van der Waals surface area contributed by atoms with Gasteiger partial charge in [0.05, 0.1) is 39.6 Å². The molecule has 4 aromatic rings. The Balaban J connectivity index is 1.34. The average molecular weight is 532 g/mol. The predicted octanol–water partition coefficient (Wildman–Crippen LogP) is 3.29. The van der Waals surface area contributed by atoms with E-state index in [0.29, 0.717) is 35.4 Å². The molecule has 0 spiro atoms. The maximum absolute atomic E-state index is 12.7. The highest BCUT2D eigenvalue weighted by Crippen LogP contribution is 2.27. The number of pyridine rings is 3. The van der Waals surface area contributed by atoms with E-state index in [9.17, 15) is 18.3 Å². The molecule has 0 bridgehead atoms. The zero-order valence-corrected chi connectivity index (χ0v) is 22.3. The minimum absolute atomic E-state index is 0.137. The molecule has 1 fully saturated rings. The molecule has 1 aromatic carbocycles. The monoisotopic (exact) mass is 531 g/mol. The molecule has 5 rings (SSSR count). The topological polar surface area (TPSA) is 125 Å². The van der Waals surface area contributed by atoms with E-state index in [1.165, 1.54) is 6.07 Å². The Labute approximate surface area is 221 Å². The van der Waals surface area contributed by atoms with Crippen LogP contribution < -0.4 is 10.2 Å². The van der Waals surface area contributed by atoms with Crippen molar-refractivity contribution < 1.29 is 18.3 Å². The summed E-state index contributed by atoms with van der Waals surface area (Å²) in [6.45, 7) is 4.97. The molecule has 2 N–H and O–H groups in total. The summed E-state index contributed by atoms with van der Waals surface area (Å²) in [4.78, 5) is 28.9. The zero-order valence-electron chi connectivity index (χ0n) is 21.5. The highest BCUT2D eigenvalue weighted by atomic mass is 32.2. The van der Waals surface area contributed by atoms with Crippen LogP contribution >= 0.6 is 0 Å². The van der Waals surface area contributed by atoms with Gasteiger partial charge in [0.15, 0.2) is 9.84 Å². The maximum Gasteiger partial charge on any atom is 0.251 e. The first kappa shape index (κ1) is 25.7. The van der Waals surface area contributed by atoms with Crippen LogP contribution in [0.25, 0.3) is 22.3 Å². The van der Waals surface area contributed by atoms with Crippen LogP contribution in [0.5, 0.6) is 0 Å². The Bertz CT molecular complexity index is 1650. The minimum atomic E-state index is -3.44. The van der Waals surface area contributed by atoms with Gasteiger partial charge in [0, 0.05) is 36.5 Å². The number of anilines is 1. The van der Waals surface area contributed by atoms with E-state index < -0.39 is 15.4 Å². The first-order chi connectivity index (χ1) is 18.0. The molecule has 0 radical (unpaired) electrons. The van der Waals surface area contributed by atoms with Crippen LogP contribution in [0, 0.1) is 6.92 Å². The molecule has 9 nitrogen and oxygen atoms in total. The highest BCUT2D eigenvalue weighted by Gasteiger charge is 2.32. The number of β-amino-alcohol motifs (C(OH)–C–C–N with tert-alkyl or cyclic N) is 1. The van der Waals surface area contributed by atoms with Crippen LogP contribution in [-0.4, -0.2) is 59.3 Å². The van der Waals surface area contributed by atoms with Gasteiger partial charge in [-0.25, -0.2) is 18.4 Å². The second-order valence-electron chi connectivity index (χ2n) is 10.0. The van der Waals surface area contributed by atoms with Crippen molar-refractivity contribution in [3.63, 3.8) is 0 Å². The van der Waals surface area contributed by atoms with Crippen LogP contribution in [0.3, 0.4) is 0 Å². The molecule has 1 atom stereocenters. The molecule has 38 heavy (non-hydrogen) atoms. The lowest BCUT2D eigenvalue weighted by Gasteiger charge is -2.20. The van der Waals surface area contributed by atoms with Crippen molar-refractivity contribution in [3.8, 4) is 11.4 Å². The molecule has 1 aliphatic heterocycles. The number of nitrogens with zero attached hydrogens (tertiary/aromatic N) is 4. The van der Waals surface area contributed by atoms with E-state index in [0.717, 1.165) is 29.7 Å². The Morgan fingerprint density at radius 3 is 2.63 bits per heavy atom. The number of carbonyl (C=O) groups excluding carboxylic acids is 1. The number of fused-ring (bicyclic) bond motifs is 1. The van der Waals surface area contributed by atoms with Gasteiger partial charge < -0.3 is 15.3 Å². The number of aliphatic hydroxyl groups is 1. The van der Waals surface area contributed by atoms with Crippen molar-refractivity contribution >= 4 is 32.5 Å². The molecule has 0 saturated carbocycles. The minimum Gasteiger partial charge on any atom is -0.388 e. The van der Waals surface area contributed by atoms with E-state index in [2.05, 4.69) is 15.2 Å². The van der Waals surface area contributed by atoms with Crippen molar-refractivity contribution in [2.45, 2.75) is 37.3 Å². The average Bonchev–Trinajstić information content (AvgIpc) is 3.26. The first-order valence-electron chi connectivity index (χ1n) is 12.3. The third-order valence-corrected chi connectivity index (χ3v) is 7.92. The summed E-state index contributed by atoms with van der Waals surface area (Å²) in [5, 5.41) is 14.0. The smallest absolute Gasteiger partial charge is 0.251 e. The summed E-state index contributed by atoms with van der Waals surface area (Å²) in [5.41, 5.74) is 2.91. The van der Waals surface area contributed by atoms with E-state index in [1.807, 2.05) is 43.3 Å². The Kier molecular flexibility index (Phi) is 6.62. The summed E-state index contributed by atoms with van der Waals surface area (Å²) in [5.74, 6) is 0.413. The molecule has 1 aliphatic rings. The molecule has 1 saturated heterocycles. The van der Waals surface area contributed by atoms with Crippen LogP contribution in [0.4, 0.5) is 5.82 Å². The number of aromatic nitrogens is 3. The summed E-state index contributed by atoms with van der Waals surface area (Å²) >= 11 is 0. The predicted molar refractivity (Wildman–Crippen MR) is 146 cm³/mol. The Morgan fingerprint density at radius 1 is 1.11 bits per heavy atom. The fourth-order valence-corrected chi connectivity index (χ4v) is 5.59. The lowest BCUT2D eigenvalue weighted by atomic mass is 10.1. The molecular weight excluding hydrogens is 502 g/mol. The molecule has 196 valence electrons. The largest absolute Gasteiger partial charge is 0.388 e. The molecule has 10 heteroatoms. The normalized spacial score (nSPS) is 17.6. The molecule has 0 aliphatic carbocycles. The van der Waals surface area contributed by atoms with Crippen LogP contribution in [0.2, 0.25) is 0 Å². The standard InChI is InChI=1S/C28H29N5O4S/c1-18-7-8-19(13-25(18)38(3,36)37)27(34)30-16-21-14-24-20(15-29-21)9-10-23(31-24)22-5-4-6-26(32-22)33-12-11-28(2,35)17-33/h4-10,13-15,35H,11-12,16-17H2,1-3H3,(H,30,34)/t28-/m0/s1. The summed E-state index contributed by atoms with van der Waals surface area (Å²) < 4.78 is 24.0. The van der Waals surface area contributed by atoms with Gasteiger partial charge in [0.2, 0.25) is 0 Å². The van der Waals surface area contributed by atoms with Crippen LogP contribution in [0.15, 0.2) is 65.7 Å². The van der Waals surface area contributed by atoms with Gasteiger partial charge in [0.1, 0.15) is 5.82 Å². The highest BCUT2D eigenvalue weighted by molar-refractivity contribution is 7.90.